The number of rotatable bonds is 2. The van der Waals surface area contributed by atoms with Gasteiger partial charge in [0.15, 0.2) is 0 Å². The van der Waals surface area contributed by atoms with E-state index < -0.39 is 6.10 Å². The summed E-state index contributed by atoms with van der Waals surface area (Å²) in [6.45, 7) is 12.5. The van der Waals surface area contributed by atoms with Gasteiger partial charge in [-0.1, -0.05) is 41.5 Å². The molecule has 1 aromatic carbocycles. The van der Waals surface area contributed by atoms with Crippen LogP contribution in [0.25, 0.3) is 0 Å². The highest BCUT2D eigenvalue weighted by molar-refractivity contribution is 5.50. The van der Waals surface area contributed by atoms with E-state index in [0.717, 1.165) is 16.7 Å². The fraction of sp³-hybridized carbons (Fsp3) is 0.625. The van der Waals surface area contributed by atoms with Crippen LogP contribution in [-0.2, 0) is 10.8 Å². The molecule has 0 aromatic heterocycles. The molecule has 0 fully saturated rings. The largest absolute Gasteiger partial charge is 0.507 e. The van der Waals surface area contributed by atoms with Gasteiger partial charge in [0.1, 0.15) is 5.75 Å². The van der Waals surface area contributed by atoms with E-state index in [1.165, 1.54) is 0 Å². The summed E-state index contributed by atoms with van der Waals surface area (Å²) in [5, 5.41) is 20.5. The molecule has 1 atom stereocenters. The average Bonchev–Trinajstić information content (AvgIpc) is 2.25. The van der Waals surface area contributed by atoms with E-state index in [1.807, 2.05) is 53.7 Å². The number of phenols is 1. The lowest BCUT2D eigenvalue weighted by molar-refractivity contribution is 0.186. The van der Waals surface area contributed by atoms with E-state index in [9.17, 15) is 10.2 Å². The van der Waals surface area contributed by atoms with Crippen molar-refractivity contribution in [2.24, 2.45) is 5.73 Å². The lowest BCUT2D eigenvalue weighted by Gasteiger charge is -2.29. The zero-order valence-electron chi connectivity index (χ0n) is 12.9. The van der Waals surface area contributed by atoms with Crippen LogP contribution in [-0.4, -0.2) is 16.8 Å². The molecule has 0 spiro atoms. The van der Waals surface area contributed by atoms with E-state index in [0.29, 0.717) is 5.75 Å². The molecule has 1 aromatic rings. The molecule has 0 saturated heterocycles. The molecule has 108 valence electrons. The van der Waals surface area contributed by atoms with Gasteiger partial charge in [-0.05, 0) is 39.7 Å². The van der Waals surface area contributed by atoms with Gasteiger partial charge in [0.2, 0.25) is 0 Å². The van der Waals surface area contributed by atoms with Crippen molar-refractivity contribution in [1.29, 1.82) is 0 Å². The van der Waals surface area contributed by atoms with Crippen molar-refractivity contribution in [2.75, 3.05) is 6.54 Å². The standard InChI is InChI=1S/C16H27NO2/c1-15(2,3)11-7-10(13(18)9-17)8-12(14(11)19)16(4,5)6/h7-8,13,18-19H,9,17H2,1-6H3. The number of hydrogen-bond donors (Lipinski definition) is 3. The Bertz CT molecular complexity index is 418. The molecular formula is C16H27NO2. The molecule has 4 N–H and O–H groups in total. The van der Waals surface area contributed by atoms with Gasteiger partial charge in [0.05, 0.1) is 6.10 Å². The van der Waals surface area contributed by atoms with Crippen molar-refractivity contribution in [1.82, 2.24) is 0 Å². The molecule has 0 amide bonds. The average molecular weight is 265 g/mol. The van der Waals surface area contributed by atoms with Gasteiger partial charge in [-0.15, -0.1) is 0 Å². The number of aromatic hydroxyl groups is 1. The summed E-state index contributed by atoms with van der Waals surface area (Å²) in [5.74, 6) is 0.327. The lowest BCUT2D eigenvalue weighted by Crippen LogP contribution is -2.20. The van der Waals surface area contributed by atoms with Crippen molar-refractivity contribution in [3.05, 3.63) is 28.8 Å². The molecule has 1 unspecified atom stereocenters. The van der Waals surface area contributed by atoms with E-state index >= 15 is 0 Å². The summed E-state index contributed by atoms with van der Waals surface area (Å²) in [7, 11) is 0. The molecule has 19 heavy (non-hydrogen) atoms. The van der Waals surface area contributed by atoms with E-state index in [1.54, 1.807) is 0 Å². The predicted octanol–water partition coefficient (Wildman–Crippen LogP) is 2.98. The van der Waals surface area contributed by atoms with Gasteiger partial charge in [-0.25, -0.2) is 0 Å². The van der Waals surface area contributed by atoms with Crippen LogP contribution < -0.4 is 5.73 Å². The van der Waals surface area contributed by atoms with Crippen LogP contribution in [0.15, 0.2) is 12.1 Å². The first kappa shape index (κ1) is 16.0. The number of aliphatic hydroxyl groups excluding tert-OH is 1. The monoisotopic (exact) mass is 265 g/mol. The smallest absolute Gasteiger partial charge is 0.123 e. The molecule has 0 radical (unpaired) electrons. The molecule has 3 nitrogen and oxygen atoms in total. The number of benzene rings is 1. The molecule has 0 heterocycles. The summed E-state index contributed by atoms with van der Waals surface area (Å²) >= 11 is 0. The van der Waals surface area contributed by atoms with Crippen LogP contribution in [0.2, 0.25) is 0 Å². The van der Waals surface area contributed by atoms with Crippen LogP contribution in [0, 0.1) is 0 Å². The van der Waals surface area contributed by atoms with Gasteiger partial charge in [-0.2, -0.15) is 0 Å². The molecule has 1 rings (SSSR count). The first-order chi connectivity index (χ1) is 8.48. The van der Waals surface area contributed by atoms with Crippen LogP contribution in [0.1, 0.15) is 64.3 Å². The van der Waals surface area contributed by atoms with Crippen molar-refractivity contribution >= 4 is 0 Å². The van der Waals surface area contributed by atoms with Gasteiger partial charge in [0, 0.05) is 6.54 Å². The van der Waals surface area contributed by atoms with Gasteiger partial charge in [0.25, 0.3) is 0 Å². The minimum absolute atomic E-state index is 0.179. The summed E-state index contributed by atoms with van der Waals surface area (Å²) in [4.78, 5) is 0. The molecule has 0 aliphatic heterocycles. The molecule has 0 saturated carbocycles. The fourth-order valence-electron chi connectivity index (χ4n) is 2.13. The summed E-state index contributed by atoms with van der Waals surface area (Å²) in [6, 6.07) is 3.73. The van der Waals surface area contributed by atoms with Crippen LogP contribution in [0.4, 0.5) is 0 Å². The molecule has 0 bridgehead atoms. The predicted molar refractivity (Wildman–Crippen MR) is 79.5 cm³/mol. The summed E-state index contributed by atoms with van der Waals surface area (Å²) in [6.07, 6.45) is -0.692. The first-order valence-corrected chi connectivity index (χ1v) is 6.74. The normalized spacial score (nSPS) is 14.5. The maximum atomic E-state index is 10.5. The number of hydrogen-bond acceptors (Lipinski definition) is 3. The maximum Gasteiger partial charge on any atom is 0.123 e. The van der Waals surface area contributed by atoms with E-state index in [2.05, 4.69) is 0 Å². The van der Waals surface area contributed by atoms with Crippen LogP contribution in [0.3, 0.4) is 0 Å². The fourth-order valence-corrected chi connectivity index (χ4v) is 2.13. The minimum Gasteiger partial charge on any atom is -0.507 e. The first-order valence-electron chi connectivity index (χ1n) is 6.74. The molecule has 0 aliphatic rings. The number of aliphatic hydroxyl groups is 1. The van der Waals surface area contributed by atoms with E-state index in [-0.39, 0.29) is 17.4 Å². The second-order valence-corrected chi connectivity index (χ2v) is 7.22. The Labute approximate surface area is 116 Å². The second-order valence-electron chi connectivity index (χ2n) is 7.22. The number of nitrogens with two attached hydrogens (primary N) is 1. The minimum atomic E-state index is -0.692. The zero-order valence-corrected chi connectivity index (χ0v) is 12.9. The SMILES string of the molecule is CC(C)(C)c1cc(C(O)CN)cc(C(C)(C)C)c1O. The van der Waals surface area contributed by atoms with Crippen molar-refractivity contribution in [2.45, 2.75) is 58.5 Å². The third kappa shape index (κ3) is 3.48. The van der Waals surface area contributed by atoms with Gasteiger partial charge >= 0.3 is 0 Å². The Morgan fingerprint density at radius 3 is 1.63 bits per heavy atom. The summed E-state index contributed by atoms with van der Waals surface area (Å²) < 4.78 is 0. The topological polar surface area (TPSA) is 66.5 Å². The molecule has 0 aliphatic carbocycles. The highest BCUT2D eigenvalue weighted by Crippen LogP contribution is 2.40. The third-order valence-corrected chi connectivity index (χ3v) is 3.36. The number of phenolic OH excluding ortho intramolecular Hbond substituents is 1. The van der Waals surface area contributed by atoms with Crippen molar-refractivity contribution < 1.29 is 10.2 Å². The lowest BCUT2D eigenvalue weighted by atomic mass is 9.78. The van der Waals surface area contributed by atoms with Crippen molar-refractivity contribution in [3.8, 4) is 5.75 Å². The van der Waals surface area contributed by atoms with Crippen LogP contribution >= 0.6 is 0 Å². The Morgan fingerprint density at radius 2 is 1.37 bits per heavy atom. The van der Waals surface area contributed by atoms with Gasteiger partial charge in [-0.3, -0.25) is 0 Å². The molecule has 3 heteroatoms. The molecular weight excluding hydrogens is 238 g/mol. The quantitative estimate of drug-likeness (QED) is 0.770. The Balaban J connectivity index is 3.57. The highest BCUT2D eigenvalue weighted by Gasteiger charge is 2.27. The van der Waals surface area contributed by atoms with Crippen LogP contribution in [0.5, 0.6) is 5.75 Å². The summed E-state index contributed by atoms with van der Waals surface area (Å²) in [5.41, 5.74) is 7.65. The maximum absolute atomic E-state index is 10.5. The van der Waals surface area contributed by atoms with Crippen molar-refractivity contribution in [3.63, 3.8) is 0 Å². The zero-order chi connectivity index (χ0) is 15.0. The Hall–Kier alpha value is -1.06. The Morgan fingerprint density at radius 1 is 1.00 bits per heavy atom. The Kier molecular flexibility index (Phi) is 4.33. The highest BCUT2D eigenvalue weighted by atomic mass is 16.3. The van der Waals surface area contributed by atoms with Gasteiger partial charge < -0.3 is 15.9 Å². The van der Waals surface area contributed by atoms with E-state index in [4.69, 9.17) is 5.73 Å². The third-order valence-electron chi connectivity index (χ3n) is 3.36. The second kappa shape index (κ2) is 5.14.